The van der Waals surface area contributed by atoms with Crippen molar-refractivity contribution in [1.82, 2.24) is 4.31 Å². The number of carbonyl (C=O) groups excluding carboxylic acids is 1. The monoisotopic (exact) mass is 364 g/mol. The summed E-state index contributed by atoms with van der Waals surface area (Å²) in [5, 5.41) is 3.57. The van der Waals surface area contributed by atoms with E-state index in [1.807, 2.05) is 5.32 Å². The predicted molar refractivity (Wildman–Crippen MR) is 79.1 cm³/mol. The molecule has 124 valence electrons. The highest BCUT2D eigenvalue weighted by molar-refractivity contribution is 7.91. The third-order valence-electron chi connectivity index (χ3n) is 2.84. The van der Waals surface area contributed by atoms with Crippen LogP contribution in [0.5, 0.6) is 0 Å². The molecule has 0 bridgehead atoms. The van der Waals surface area contributed by atoms with Crippen LogP contribution in [0.2, 0.25) is 0 Å². The number of benzene rings is 1. The summed E-state index contributed by atoms with van der Waals surface area (Å²) in [6.45, 7) is -0.612. The van der Waals surface area contributed by atoms with Crippen LogP contribution in [-0.4, -0.2) is 32.2 Å². The zero-order valence-corrected chi connectivity index (χ0v) is 13.3. The predicted octanol–water partition coefficient (Wildman–Crippen LogP) is 2.42. The van der Waals surface area contributed by atoms with Gasteiger partial charge in [0.2, 0.25) is 5.91 Å². The van der Waals surface area contributed by atoms with Crippen molar-refractivity contribution in [1.29, 1.82) is 0 Å². The minimum atomic E-state index is -3.84. The molecule has 0 spiro atoms. The van der Waals surface area contributed by atoms with Gasteiger partial charge in [0.05, 0.1) is 12.2 Å². The Bertz CT molecular complexity index is 823. The number of hydrogen-bond donors (Lipinski definition) is 1. The second-order valence-corrected chi connectivity index (χ2v) is 7.68. The van der Waals surface area contributed by atoms with Gasteiger partial charge in [-0.05, 0) is 23.6 Å². The minimum absolute atomic E-state index is 0.0480. The largest absolute Gasteiger partial charge is 0.322 e. The number of nitrogens with one attached hydrogen (secondary N) is 1. The SMILES string of the molecule is CN(CC(=O)Nc1ccc(F)c(F)c1F)S(=O)(=O)c1cccs1. The van der Waals surface area contributed by atoms with Crippen molar-refractivity contribution in [3.63, 3.8) is 0 Å². The molecule has 10 heteroatoms. The van der Waals surface area contributed by atoms with Crippen molar-refractivity contribution in [2.24, 2.45) is 0 Å². The topological polar surface area (TPSA) is 66.5 Å². The number of nitrogens with zero attached hydrogens (tertiary/aromatic N) is 1. The molecule has 0 fully saturated rings. The molecule has 0 atom stereocenters. The van der Waals surface area contributed by atoms with Crippen molar-refractivity contribution >= 4 is 33.0 Å². The lowest BCUT2D eigenvalue weighted by Gasteiger charge is -2.16. The van der Waals surface area contributed by atoms with Gasteiger partial charge in [-0.1, -0.05) is 6.07 Å². The summed E-state index contributed by atoms with van der Waals surface area (Å²) < 4.78 is 64.4. The molecule has 1 heterocycles. The average Bonchev–Trinajstić information content (AvgIpc) is 3.03. The van der Waals surface area contributed by atoms with Gasteiger partial charge in [0, 0.05) is 7.05 Å². The Kier molecular flexibility index (Phi) is 5.07. The molecule has 1 aromatic carbocycles. The Morgan fingerprint density at radius 1 is 1.22 bits per heavy atom. The Hall–Kier alpha value is -1.91. The maximum Gasteiger partial charge on any atom is 0.252 e. The van der Waals surface area contributed by atoms with Gasteiger partial charge < -0.3 is 5.32 Å². The Morgan fingerprint density at radius 3 is 2.52 bits per heavy atom. The van der Waals surface area contributed by atoms with Crippen LogP contribution in [-0.2, 0) is 14.8 Å². The number of carbonyl (C=O) groups is 1. The molecule has 23 heavy (non-hydrogen) atoms. The summed E-state index contributed by atoms with van der Waals surface area (Å²) >= 11 is 0.983. The van der Waals surface area contributed by atoms with Crippen molar-refractivity contribution in [3.05, 3.63) is 47.1 Å². The summed E-state index contributed by atoms with van der Waals surface area (Å²) in [6.07, 6.45) is 0. The van der Waals surface area contributed by atoms with Gasteiger partial charge in [-0.3, -0.25) is 4.79 Å². The fourth-order valence-electron chi connectivity index (χ4n) is 1.66. The number of anilines is 1. The number of halogens is 3. The van der Waals surface area contributed by atoms with Crippen molar-refractivity contribution in [3.8, 4) is 0 Å². The van der Waals surface area contributed by atoms with Crippen LogP contribution in [0.1, 0.15) is 0 Å². The molecule has 0 saturated heterocycles. The molecule has 0 saturated carbocycles. The van der Waals surface area contributed by atoms with Gasteiger partial charge >= 0.3 is 0 Å². The first-order valence-electron chi connectivity index (χ1n) is 6.16. The minimum Gasteiger partial charge on any atom is -0.322 e. The van der Waals surface area contributed by atoms with E-state index in [0.29, 0.717) is 6.07 Å². The lowest BCUT2D eigenvalue weighted by Crippen LogP contribution is -2.34. The lowest BCUT2D eigenvalue weighted by atomic mass is 10.3. The molecule has 1 amide bonds. The van der Waals surface area contributed by atoms with Crippen LogP contribution in [0.15, 0.2) is 33.9 Å². The van der Waals surface area contributed by atoms with Crippen LogP contribution >= 0.6 is 11.3 Å². The molecule has 5 nitrogen and oxygen atoms in total. The summed E-state index contributed by atoms with van der Waals surface area (Å²) in [4.78, 5) is 11.8. The van der Waals surface area contributed by atoms with E-state index < -0.39 is 45.6 Å². The van der Waals surface area contributed by atoms with E-state index >= 15 is 0 Å². The molecule has 0 unspecified atom stereocenters. The maximum atomic E-state index is 13.5. The number of sulfonamides is 1. The van der Waals surface area contributed by atoms with E-state index in [9.17, 15) is 26.4 Å². The van der Waals surface area contributed by atoms with Gasteiger partial charge in [-0.25, -0.2) is 21.6 Å². The lowest BCUT2D eigenvalue weighted by molar-refractivity contribution is -0.116. The Labute approximate surface area is 134 Å². The molecular weight excluding hydrogens is 353 g/mol. The standard InChI is InChI=1S/C13H11F3N2O3S2/c1-18(23(20,21)11-3-2-6-22-11)7-10(19)17-9-5-4-8(14)12(15)13(9)16/h2-6H,7H2,1H3,(H,17,19). The number of amides is 1. The molecule has 1 N–H and O–H groups in total. The maximum absolute atomic E-state index is 13.5. The number of thiophene rings is 1. The zero-order valence-electron chi connectivity index (χ0n) is 11.7. The molecule has 0 aliphatic carbocycles. The van der Waals surface area contributed by atoms with Crippen LogP contribution in [0, 0.1) is 17.5 Å². The zero-order chi connectivity index (χ0) is 17.2. The second kappa shape index (κ2) is 6.69. The number of rotatable bonds is 5. The van der Waals surface area contributed by atoms with Gasteiger partial charge in [-0.2, -0.15) is 4.31 Å². The third kappa shape index (κ3) is 3.71. The van der Waals surface area contributed by atoms with Crippen molar-refractivity contribution in [2.75, 3.05) is 18.9 Å². The average molecular weight is 364 g/mol. The Morgan fingerprint density at radius 2 is 1.91 bits per heavy atom. The second-order valence-electron chi connectivity index (χ2n) is 4.46. The highest BCUT2D eigenvalue weighted by atomic mass is 32.2. The van der Waals surface area contributed by atoms with E-state index in [-0.39, 0.29) is 4.21 Å². The molecule has 0 radical (unpaired) electrons. The third-order valence-corrected chi connectivity index (χ3v) is 6.01. The number of hydrogen-bond acceptors (Lipinski definition) is 4. The fourth-order valence-corrected chi connectivity index (χ4v) is 3.99. The molecule has 1 aromatic heterocycles. The molecule has 0 aliphatic heterocycles. The van der Waals surface area contributed by atoms with Gasteiger partial charge in [0.25, 0.3) is 10.0 Å². The van der Waals surface area contributed by atoms with E-state index in [4.69, 9.17) is 0 Å². The highest BCUT2D eigenvalue weighted by Gasteiger charge is 2.24. The molecule has 2 rings (SSSR count). The van der Waals surface area contributed by atoms with E-state index in [1.165, 1.54) is 13.1 Å². The first-order chi connectivity index (χ1) is 10.7. The van der Waals surface area contributed by atoms with E-state index in [0.717, 1.165) is 21.7 Å². The molecular formula is C13H11F3N2O3S2. The summed E-state index contributed by atoms with van der Waals surface area (Å²) in [5.74, 6) is -5.56. The fraction of sp³-hybridized carbons (Fsp3) is 0.154. The summed E-state index contributed by atoms with van der Waals surface area (Å²) in [6, 6.07) is 4.42. The smallest absolute Gasteiger partial charge is 0.252 e. The van der Waals surface area contributed by atoms with Crippen molar-refractivity contribution < 1.29 is 26.4 Å². The molecule has 2 aromatic rings. The first-order valence-corrected chi connectivity index (χ1v) is 8.48. The van der Waals surface area contributed by atoms with Gasteiger partial charge in [-0.15, -0.1) is 11.3 Å². The van der Waals surface area contributed by atoms with Crippen molar-refractivity contribution in [2.45, 2.75) is 4.21 Å². The van der Waals surface area contributed by atoms with E-state index in [1.54, 1.807) is 11.4 Å². The summed E-state index contributed by atoms with van der Waals surface area (Å²) in [5.41, 5.74) is -0.573. The Balaban J connectivity index is 2.10. The van der Waals surface area contributed by atoms with E-state index in [2.05, 4.69) is 0 Å². The van der Waals surface area contributed by atoms with Crippen LogP contribution < -0.4 is 5.32 Å². The van der Waals surface area contributed by atoms with Gasteiger partial charge in [0.1, 0.15) is 4.21 Å². The number of likely N-dealkylation sites (N-methyl/N-ethyl adjacent to an activating group) is 1. The quantitative estimate of drug-likeness (QED) is 0.829. The van der Waals surface area contributed by atoms with Crippen LogP contribution in [0.4, 0.5) is 18.9 Å². The van der Waals surface area contributed by atoms with Gasteiger partial charge in [0.15, 0.2) is 17.5 Å². The highest BCUT2D eigenvalue weighted by Crippen LogP contribution is 2.21. The summed E-state index contributed by atoms with van der Waals surface area (Å²) in [7, 11) is -2.67. The first kappa shape index (κ1) is 17.4. The normalized spacial score (nSPS) is 11.7. The van der Waals surface area contributed by atoms with Crippen LogP contribution in [0.25, 0.3) is 0 Å². The van der Waals surface area contributed by atoms with Crippen LogP contribution in [0.3, 0.4) is 0 Å². The molecule has 0 aliphatic rings.